The molecule has 2 atom stereocenters. The van der Waals surface area contributed by atoms with Crippen molar-refractivity contribution in [3.63, 3.8) is 0 Å². The minimum absolute atomic E-state index is 0.0712. The van der Waals surface area contributed by atoms with Gasteiger partial charge in [0.05, 0.1) is 6.04 Å². The summed E-state index contributed by atoms with van der Waals surface area (Å²) in [6.45, 7) is 3.56. The van der Waals surface area contributed by atoms with Crippen LogP contribution in [-0.4, -0.2) is 22.9 Å². The number of amides is 1. The van der Waals surface area contributed by atoms with E-state index in [1.54, 1.807) is 13.8 Å². The van der Waals surface area contributed by atoms with Gasteiger partial charge in [-0.25, -0.2) is 13.2 Å². The molecule has 1 aromatic carbocycles. The summed E-state index contributed by atoms with van der Waals surface area (Å²) in [7, 11) is 0. The van der Waals surface area contributed by atoms with Crippen molar-refractivity contribution in [3.8, 4) is 0 Å². The molecule has 0 aromatic heterocycles. The lowest BCUT2D eigenvalue weighted by Crippen LogP contribution is -2.51. The number of piperidine rings is 1. The van der Waals surface area contributed by atoms with E-state index < -0.39 is 29.5 Å². The second kappa shape index (κ2) is 5.44. The Morgan fingerprint density at radius 3 is 2.40 bits per heavy atom. The molecule has 1 saturated heterocycles. The van der Waals surface area contributed by atoms with Crippen molar-refractivity contribution in [1.29, 1.82) is 0 Å². The molecule has 20 heavy (non-hydrogen) atoms. The fourth-order valence-electron chi connectivity index (χ4n) is 2.69. The van der Waals surface area contributed by atoms with Gasteiger partial charge in [0.15, 0.2) is 11.6 Å². The normalized spacial score (nSPS) is 23.6. The first-order chi connectivity index (χ1) is 9.32. The van der Waals surface area contributed by atoms with Crippen LogP contribution >= 0.6 is 0 Å². The third-order valence-corrected chi connectivity index (χ3v) is 3.60. The van der Waals surface area contributed by atoms with Crippen molar-refractivity contribution in [2.24, 2.45) is 5.73 Å². The van der Waals surface area contributed by atoms with Crippen molar-refractivity contribution >= 4 is 5.91 Å². The summed E-state index contributed by atoms with van der Waals surface area (Å²) in [5.74, 6) is -3.44. The lowest BCUT2D eigenvalue weighted by Gasteiger charge is -2.42. The monoisotopic (exact) mass is 286 g/mol. The second-order valence-corrected chi connectivity index (χ2v) is 5.33. The lowest BCUT2D eigenvalue weighted by molar-refractivity contribution is -0.139. The van der Waals surface area contributed by atoms with Crippen LogP contribution in [0.15, 0.2) is 12.1 Å². The highest BCUT2D eigenvalue weighted by atomic mass is 19.2. The van der Waals surface area contributed by atoms with Crippen LogP contribution in [0.5, 0.6) is 0 Å². The van der Waals surface area contributed by atoms with Crippen LogP contribution in [0.25, 0.3) is 0 Å². The molecule has 1 amide bonds. The predicted molar refractivity (Wildman–Crippen MR) is 68.2 cm³/mol. The third-order valence-electron chi connectivity index (χ3n) is 3.60. The van der Waals surface area contributed by atoms with Crippen LogP contribution in [0.2, 0.25) is 0 Å². The van der Waals surface area contributed by atoms with Gasteiger partial charge in [0, 0.05) is 30.1 Å². The molecule has 1 heterocycles. The lowest BCUT2D eigenvalue weighted by atomic mass is 9.89. The molecular weight excluding hydrogens is 269 g/mol. The highest BCUT2D eigenvalue weighted by Gasteiger charge is 2.38. The Morgan fingerprint density at radius 1 is 1.20 bits per heavy atom. The van der Waals surface area contributed by atoms with Gasteiger partial charge in [0.1, 0.15) is 5.82 Å². The molecule has 6 heteroatoms. The topological polar surface area (TPSA) is 46.3 Å². The van der Waals surface area contributed by atoms with Crippen molar-refractivity contribution in [2.75, 3.05) is 0 Å². The molecular formula is C14H17F3N2O. The molecule has 2 rings (SSSR count). The summed E-state index contributed by atoms with van der Waals surface area (Å²) >= 11 is 0. The average Bonchev–Trinajstić information content (AvgIpc) is 2.36. The molecule has 2 N–H and O–H groups in total. The number of hydrogen-bond acceptors (Lipinski definition) is 2. The Hall–Kier alpha value is -1.56. The number of rotatable bonds is 2. The van der Waals surface area contributed by atoms with Crippen molar-refractivity contribution in [3.05, 3.63) is 35.1 Å². The summed E-state index contributed by atoms with van der Waals surface area (Å²) in [4.78, 5) is 13.5. The molecule has 0 saturated carbocycles. The molecule has 1 aromatic rings. The number of halogens is 3. The summed E-state index contributed by atoms with van der Waals surface area (Å²) in [5, 5.41) is 0. The summed E-state index contributed by atoms with van der Waals surface area (Å²) in [6.07, 6.45) is 0.673. The molecule has 2 unspecified atom stereocenters. The molecule has 0 spiro atoms. The van der Waals surface area contributed by atoms with Crippen LogP contribution in [0.4, 0.5) is 13.2 Å². The number of hydrogen-bond donors (Lipinski definition) is 1. The van der Waals surface area contributed by atoms with E-state index in [1.807, 2.05) is 0 Å². The largest absolute Gasteiger partial charge is 0.332 e. The van der Waals surface area contributed by atoms with Gasteiger partial charge in [-0.1, -0.05) is 0 Å². The van der Waals surface area contributed by atoms with Crippen LogP contribution in [0.3, 0.4) is 0 Å². The van der Waals surface area contributed by atoms with E-state index in [2.05, 4.69) is 0 Å². The maximum atomic E-state index is 14.0. The zero-order chi connectivity index (χ0) is 15.0. The first kappa shape index (κ1) is 14.8. The van der Waals surface area contributed by atoms with E-state index in [-0.39, 0.29) is 23.9 Å². The standard InChI is InChI=1S/C14H17F3N2O/c1-7(2)19-13(20)4-3-12(18)14(19)8-5-10(16)11(17)6-9(8)15/h5-7,12,14H,3-4,18H2,1-2H3. The number of likely N-dealkylation sites (tertiary alicyclic amines) is 1. The van der Waals surface area contributed by atoms with Gasteiger partial charge < -0.3 is 10.6 Å². The van der Waals surface area contributed by atoms with Crippen LogP contribution < -0.4 is 5.73 Å². The Labute approximate surface area is 115 Å². The van der Waals surface area contributed by atoms with E-state index in [4.69, 9.17) is 5.73 Å². The molecule has 110 valence electrons. The summed E-state index contributed by atoms with van der Waals surface area (Å²) < 4.78 is 40.4. The zero-order valence-corrected chi connectivity index (χ0v) is 11.4. The maximum Gasteiger partial charge on any atom is 0.223 e. The smallest absolute Gasteiger partial charge is 0.223 e. The van der Waals surface area contributed by atoms with Gasteiger partial charge in [-0.2, -0.15) is 0 Å². The van der Waals surface area contributed by atoms with Crippen LogP contribution in [0, 0.1) is 17.5 Å². The van der Waals surface area contributed by atoms with Gasteiger partial charge in [-0.05, 0) is 26.3 Å². The van der Waals surface area contributed by atoms with E-state index in [1.165, 1.54) is 4.90 Å². The first-order valence-electron chi connectivity index (χ1n) is 6.54. The quantitative estimate of drug-likeness (QED) is 0.849. The SMILES string of the molecule is CC(C)N1C(=O)CCC(N)C1c1cc(F)c(F)cc1F. The van der Waals surface area contributed by atoms with Gasteiger partial charge in [-0.15, -0.1) is 0 Å². The fourth-order valence-corrected chi connectivity index (χ4v) is 2.69. The molecule has 0 bridgehead atoms. The molecule has 3 nitrogen and oxygen atoms in total. The van der Waals surface area contributed by atoms with E-state index >= 15 is 0 Å². The van der Waals surface area contributed by atoms with Crippen molar-refractivity contribution < 1.29 is 18.0 Å². The molecule has 0 radical (unpaired) electrons. The first-order valence-corrected chi connectivity index (χ1v) is 6.54. The van der Waals surface area contributed by atoms with Crippen molar-refractivity contribution in [1.82, 2.24) is 4.90 Å². The van der Waals surface area contributed by atoms with Gasteiger partial charge in [0.25, 0.3) is 0 Å². The second-order valence-electron chi connectivity index (χ2n) is 5.33. The molecule has 1 aliphatic rings. The Balaban J connectivity index is 2.51. The fraction of sp³-hybridized carbons (Fsp3) is 0.500. The third kappa shape index (κ3) is 2.52. The van der Waals surface area contributed by atoms with Crippen LogP contribution in [0.1, 0.15) is 38.3 Å². The molecule has 1 fully saturated rings. The highest BCUT2D eigenvalue weighted by Crippen LogP contribution is 2.34. The summed E-state index contributed by atoms with van der Waals surface area (Å²) in [5.41, 5.74) is 5.91. The Morgan fingerprint density at radius 2 is 1.80 bits per heavy atom. The van der Waals surface area contributed by atoms with Gasteiger partial charge >= 0.3 is 0 Å². The number of carbonyl (C=O) groups is 1. The average molecular weight is 286 g/mol. The van der Waals surface area contributed by atoms with E-state index in [0.717, 1.165) is 6.07 Å². The Bertz CT molecular complexity index is 533. The summed E-state index contributed by atoms with van der Waals surface area (Å²) in [6, 6.07) is -0.190. The number of nitrogens with zero attached hydrogens (tertiary/aromatic N) is 1. The minimum atomic E-state index is -1.25. The Kier molecular flexibility index (Phi) is 4.04. The van der Waals surface area contributed by atoms with E-state index in [9.17, 15) is 18.0 Å². The molecule has 1 aliphatic heterocycles. The predicted octanol–water partition coefficient (Wildman–Crippen LogP) is 2.50. The maximum absolute atomic E-state index is 14.0. The minimum Gasteiger partial charge on any atom is -0.332 e. The highest BCUT2D eigenvalue weighted by molar-refractivity contribution is 5.78. The number of nitrogens with two attached hydrogens (primary N) is 1. The number of benzene rings is 1. The van der Waals surface area contributed by atoms with Gasteiger partial charge in [-0.3, -0.25) is 4.79 Å². The number of carbonyl (C=O) groups excluding carboxylic acids is 1. The van der Waals surface area contributed by atoms with Crippen molar-refractivity contribution in [2.45, 2.75) is 44.8 Å². The van der Waals surface area contributed by atoms with Crippen LogP contribution in [-0.2, 0) is 4.79 Å². The van der Waals surface area contributed by atoms with E-state index in [0.29, 0.717) is 12.5 Å². The zero-order valence-electron chi connectivity index (χ0n) is 11.4. The molecule has 0 aliphatic carbocycles. The van der Waals surface area contributed by atoms with Gasteiger partial charge in [0.2, 0.25) is 5.91 Å².